The molecule has 3 aromatic carbocycles. The van der Waals surface area contributed by atoms with Crippen LogP contribution in [0.3, 0.4) is 0 Å². The number of nitrogens with zero attached hydrogens (tertiary/aromatic N) is 1. The number of hydrogen-bond acceptors (Lipinski definition) is 4. The topological polar surface area (TPSA) is 66.5 Å². The number of carbonyl (C=O) groups excluding carboxylic acids is 1. The Hall–Kier alpha value is -2.77. The molecule has 0 saturated heterocycles. The highest BCUT2D eigenvalue weighted by Crippen LogP contribution is 2.28. The molecule has 0 aliphatic heterocycles. The average Bonchev–Trinajstić information content (AvgIpc) is 2.82. The van der Waals surface area contributed by atoms with Crippen molar-refractivity contribution in [2.45, 2.75) is 37.8 Å². The Morgan fingerprint density at radius 3 is 2.32 bits per heavy atom. The molecule has 0 radical (unpaired) electrons. The second-order valence-electron chi connectivity index (χ2n) is 8.29. The monoisotopic (exact) mass is 496 g/mol. The number of sulfonamides is 1. The van der Waals surface area contributed by atoms with Gasteiger partial charge in [0.05, 0.1) is 10.6 Å². The first-order chi connectivity index (χ1) is 16.3. The van der Waals surface area contributed by atoms with Crippen molar-refractivity contribution in [2.75, 3.05) is 23.1 Å². The van der Waals surface area contributed by atoms with Crippen LogP contribution in [0.2, 0.25) is 0 Å². The molecule has 1 amide bonds. The predicted octanol–water partition coefficient (Wildman–Crippen LogP) is 5.25. The molecule has 0 fully saturated rings. The van der Waals surface area contributed by atoms with E-state index in [1.54, 1.807) is 30.3 Å². The quantitative estimate of drug-likeness (QED) is 0.368. The summed E-state index contributed by atoms with van der Waals surface area (Å²) in [5.74, 6) is 1.53. The third kappa shape index (κ3) is 6.87. The van der Waals surface area contributed by atoms with Crippen LogP contribution in [0.4, 0.5) is 5.69 Å². The van der Waals surface area contributed by atoms with Gasteiger partial charge in [-0.3, -0.25) is 9.10 Å². The first kappa shape index (κ1) is 25.8. The van der Waals surface area contributed by atoms with Crippen LogP contribution in [0, 0.1) is 20.8 Å². The number of anilines is 1. The molecule has 0 saturated carbocycles. The molecule has 0 aliphatic carbocycles. The molecule has 1 N–H and O–H groups in total. The summed E-state index contributed by atoms with van der Waals surface area (Å²) in [4.78, 5) is 13.0. The van der Waals surface area contributed by atoms with E-state index in [1.807, 2.05) is 62.9 Å². The lowest BCUT2D eigenvalue weighted by molar-refractivity contribution is -0.119. The molecular formula is C27H32N2O3S2. The van der Waals surface area contributed by atoms with Crippen molar-refractivity contribution in [3.8, 4) is 0 Å². The molecule has 0 spiro atoms. The lowest BCUT2D eigenvalue weighted by Crippen LogP contribution is -2.41. The number of carbonyl (C=O) groups is 1. The Labute approximate surface area is 207 Å². The summed E-state index contributed by atoms with van der Waals surface area (Å²) in [6, 6.07) is 22.5. The number of hydrogen-bond donors (Lipinski definition) is 1. The first-order valence-corrected chi connectivity index (χ1v) is 13.9. The Morgan fingerprint density at radius 1 is 0.912 bits per heavy atom. The Kier molecular flexibility index (Phi) is 9.19. The standard InChI is InChI=1S/C27H32N2O3S2/c1-21-13-15-25(16-14-21)34(31,32)29(26-12-7-9-22(2)23(26)3)19-27(30)28-17-8-18-33-20-24-10-5-4-6-11-24/h4-7,9-16H,8,17-20H2,1-3H3,(H,28,30). The van der Waals surface area contributed by atoms with Crippen LogP contribution in [-0.4, -0.2) is 33.2 Å². The molecule has 0 atom stereocenters. The Bertz CT molecular complexity index is 1190. The lowest BCUT2D eigenvalue weighted by atomic mass is 10.1. The molecule has 0 unspecified atom stereocenters. The van der Waals surface area contributed by atoms with E-state index in [9.17, 15) is 13.2 Å². The number of aryl methyl sites for hydroxylation is 2. The minimum atomic E-state index is -3.91. The maximum absolute atomic E-state index is 13.5. The van der Waals surface area contributed by atoms with Gasteiger partial charge in [0.1, 0.15) is 6.54 Å². The fraction of sp³-hybridized carbons (Fsp3) is 0.296. The predicted molar refractivity (Wildman–Crippen MR) is 142 cm³/mol. The van der Waals surface area contributed by atoms with Gasteiger partial charge in [-0.25, -0.2) is 8.42 Å². The van der Waals surface area contributed by atoms with Crippen molar-refractivity contribution in [3.63, 3.8) is 0 Å². The Morgan fingerprint density at radius 2 is 1.62 bits per heavy atom. The average molecular weight is 497 g/mol. The summed E-state index contributed by atoms with van der Waals surface area (Å²) in [6.45, 7) is 5.96. The van der Waals surface area contributed by atoms with Crippen molar-refractivity contribution in [3.05, 3.63) is 95.1 Å². The van der Waals surface area contributed by atoms with E-state index in [0.717, 1.165) is 34.6 Å². The Balaban J connectivity index is 1.65. The fourth-order valence-corrected chi connectivity index (χ4v) is 5.89. The second kappa shape index (κ2) is 12.1. The van der Waals surface area contributed by atoms with Crippen LogP contribution in [0.5, 0.6) is 0 Å². The number of nitrogens with one attached hydrogen (secondary N) is 1. The van der Waals surface area contributed by atoms with Gasteiger partial charge in [0.2, 0.25) is 5.91 Å². The van der Waals surface area contributed by atoms with Crippen molar-refractivity contribution >= 4 is 33.4 Å². The second-order valence-corrected chi connectivity index (χ2v) is 11.3. The molecule has 3 rings (SSSR count). The molecule has 180 valence electrons. The maximum atomic E-state index is 13.5. The van der Waals surface area contributed by atoms with Crippen LogP contribution in [-0.2, 0) is 20.6 Å². The molecule has 5 nitrogen and oxygen atoms in total. The van der Waals surface area contributed by atoms with Crippen molar-refractivity contribution < 1.29 is 13.2 Å². The smallest absolute Gasteiger partial charge is 0.264 e. The van der Waals surface area contributed by atoms with Crippen LogP contribution < -0.4 is 9.62 Å². The number of benzene rings is 3. The molecule has 0 bridgehead atoms. The summed E-state index contributed by atoms with van der Waals surface area (Å²) >= 11 is 1.82. The summed E-state index contributed by atoms with van der Waals surface area (Å²) in [5, 5.41) is 2.89. The number of thioether (sulfide) groups is 1. The highest BCUT2D eigenvalue weighted by Gasteiger charge is 2.28. The minimum absolute atomic E-state index is 0.170. The minimum Gasteiger partial charge on any atom is -0.354 e. The third-order valence-corrected chi connectivity index (χ3v) is 8.53. The normalized spacial score (nSPS) is 11.3. The van der Waals surface area contributed by atoms with Crippen LogP contribution in [0.25, 0.3) is 0 Å². The van der Waals surface area contributed by atoms with Gasteiger partial charge in [-0.15, -0.1) is 0 Å². The third-order valence-electron chi connectivity index (χ3n) is 5.64. The zero-order valence-corrected chi connectivity index (χ0v) is 21.6. The molecule has 0 aliphatic rings. The van der Waals surface area contributed by atoms with E-state index in [2.05, 4.69) is 17.4 Å². The maximum Gasteiger partial charge on any atom is 0.264 e. The first-order valence-electron chi connectivity index (χ1n) is 11.3. The van der Waals surface area contributed by atoms with E-state index < -0.39 is 10.0 Å². The van der Waals surface area contributed by atoms with Gasteiger partial charge in [-0.05, 0) is 67.8 Å². The van der Waals surface area contributed by atoms with E-state index in [-0.39, 0.29) is 17.3 Å². The molecule has 3 aromatic rings. The van der Waals surface area contributed by atoms with Crippen LogP contribution in [0.1, 0.15) is 28.7 Å². The van der Waals surface area contributed by atoms with Crippen LogP contribution in [0.15, 0.2) is 77.7 Å². The van der Waals surface area contributed by atoms with Crippen LogP contribution >= 0.6 is 11.8 Å². The molecule has 0 heterocycles. The van der Waals surface area contributed by atoms with Gasteiger partial charge in [0, 0.05) is 12.3 Å². The van der Waals surface area contributed by atoms with Gasteiger partial charge in [-0.2, -0.15) is 11.8 Å². The lowest BCUT2D eigenvalue weighted by Gasteiger charge is -2.26. The van der Waals surface area contributed by atoms with Gasteiger partial charge >= 0.3 is 0 Å². The van der Waals surface area contributed by atoms with Gasteiger partial charge in [0.15, 0.2) is 0 Å². The van der Waals surface area contributed by atoms with Gasteiger partial charge in [-0.1, -0.05) is 60.2 Å². The van der Waals surface area contributed by atoms with E-state index >= 15 is 0 Å². The van der Waals surface area contributed by atoms with Crippen molar-refractivity contribution in [1.29, 1.82) is 0 Å². The zero-order chi connectivity index (χ0) is 24.6. The molecule has 0 aromatic heterocycles. The van der Waals surface area contributed by atoms with Crippen molar-refractivity contribution in [2.24, 2.45) is 0 Å². The summed E-state index contributed by atoms with van der Waals surface area (Å²) in [6.07, 6.45) is 0.817. The molecule has 34 heavy (non-hydrogen) atoms. The zero-order valence-electron chi connectivity index (χ0n) is 20.0. The van der Waals surface area contributed by atoms with E-state index in [1.165, 1.54) is 9.87 Å². The number of rotatable bonds is 11. The number of amides is 1. The van der Waals surface area contributed by atoms with Gasteiger partial charge in [0.25, 0.3) is 10.0 Å². The molecular weight excluding hydrogens is 464 g/mol. The molecule has 7 heteroatoms. The van der Waals surface area contributed by atoms with E-state index in [4.69, 9.17) is 0 Å². The highest BCUT2D eigenvalue weighted by molar-refractivity contribution is 7.98. The summed E-state index contributed by atoms with van der Waals surface area (Å²) in [7, 11) is -3.91. The summed E-state index contributed by atoms with van der Waals surface area (Å²) in [5.41, 5.74) is 4.58. The summed E-state index contributed by atoms with van der Waals surface area (Å²) < 4.78 is 28.3. The fourth-order valence-electron chi connectivity index (χ4n) is 3.50. The van der Waals surface area contributed by atoms with Crippen molar-refractivity contribution in [1.82, 2.24) is 5.32 Å². The largest absolute Gasteiger partial charge is 0.354 e. The highest BCUT2D eigenvalue weighted by atomic mass is 32.2. The van der Waals surface area contributed by atoms with E-state index in [0.29, 0.717) is 12.2 Å². The van der Waals surface area contributed by atoms with Gasteiger partial charge < -0.3 is 5.32 Å². The SMILES string of the molecule is Cc1ccc(S(=O)(=O)N(CC(=O)NCCCSCc2ccccc2)c2cccc(C)c2C)cc1.